The SMILES string of the molecule is CC1(C)CCC(C)(C)c2cc(N(c3ccc(-c4ccccc4)cc3)c3cc(-c4ccccc4)cc4c3Sc3ccccc3C43C4CC5CC(C4)CC3C5)ccc21. The fourth-order valence-electron chi connectivity index (χ4n) is 12.5. The third-order valence-electron chi connectivity index (χ3n) is 15.2. The lowest BCUT2D eigenvalue weighted by Crippen LogP contribution is -2.57. The standard InChI is InChI=1S/C54H53NS/c1-52(2)25-26-53(3,4)47-34-44(23-24-45(47)52)55(43-21-19-39(20-22-43)37-13-7-5-8-14-37)49-33-40(38-15-9-6-10-16-38)32-48-51(49)56-50-18-12-11-17-46(50)54(48)41-28-35-27-36(30-41)31-42(54)29-35/h5-24,32-36,41-42H,25-31H2,1-4H3. The molecule has 0 atom stereocenters. The summed E-state index contributed by atoms with van der Waals surface area (Å²) in [4.78, 5) is 5.57. The Labute approximate surface area is 338 Å². The van der Waals surface area contributed by atoms with Gasteiger partial charge in [-0.1, -0.05) is 137 Å². The topological polar surface area (TPSA) is 3.24 Å². The van der Waals surface area contributed by atoms with Crippen molar-refractivity contribution in [2.45, 2.75) is 98.7 Å². The molecule has 0 saturated heterocycles. The Morgan fingerprint density at radius 2 is 1.02 bits per heavy atom. The number of benzene rings is 6. The van der Waals surface area contributed by atoms with E-state index in [9.17, 15) is 0 Å². The van der Waals surface area contributed by atoms with Crippen LogP contribution in [0.25, 0.3) is 22.3 Å². The van der Waals surface area contributed by atoms with E-state index in [1.807, 2.05) is 11.8 Å². The lowest BCUT2D eigenvalue weighted by molar-refractivity contribution is -0.0443. The quantitative estimate of drug-likeness (QED) is 0.173. The fraction of sp³-hybridized carbons (Fsp3) is 0.333. The first-order valence-corrected chi connectivity index (χ1v) is 22.1. The van der Waals surface area contributed by atoms with Crippen molar-refractivity contribution in [1.82, 2.24) is 0 Å². The van der Waals surface area contributed by atoms with Gasteiger partial charge in [0.05, 0.1) is 5.69 Å². The summed E-state index contributed by atoms with van der Waals surface area (Å²) in [6.07, 6.45) is 9.35. The Balaban J connectivity index is 1.20. The number of hydrogen-bond donors (Lipinski definition) is 0. The number of hydrogen-bond acceptors (Lipinski definition) is 2. The van der Waals surface area contributed by atoms with Crippen LogP contribution in [-0.4, -0.2) is 0 Å². The Morgan fingerprint density at radius 1 is 0.464 bits per heavy atom. The van der Waals surface area contributed by atoms with Crippen LogP contribution in [0.1, 0.15) is 94.9 Å². The molecule has 0 amide bonds. The zero-order valence-electron chi connectivity index (χ0n) is 33.4. The molecule has 6 aromatic carbocycles. The average molecular weight is 748 g/mol. The molecule has 4 fully saturated rings. The van der Waals surface area contributed by atoms with E-state index in [1.165, 1.54) is 105 Å². The molecule has 0 N–H and O–H groups in total. The highest BCUT2D eigenvalue weighted by molar-refractivity contribution is 7.99. The van der Waals surface area contributed by atoms with Crippen molar-refractivity contribution in [3.63, 3.8) is 0 Å². The van der Waals surface area contributed by atoms with E-state index < -0.39 is 0 Å². The summed E-state index contributed by atoms with van der Waals surface area (Å²) < 4.78 is 0. The van der Waals surface area contributed by atoms with Gasteiger partial charge in [0.2, 0.25) is 0 Å². The van der Waals surface area contributed by atoms with Crippen LogP contribution < -0.4 is 4.90 Å². The van der Waals surface area contributed by atoms with E-state index in [0.29, 0.717) is 11.8 Å². The average Bonchev–Trinajstić information content (AvgIpc) is 3.22. The Kier molecular flexibility index (Phi) is 7.89. The maximum atomic E-state index is 2.66. The van der Waals surface area contributed by atoms with Crippen LogP contribution in [0.5, 0.6) is 0 Å². The van der Waals surface area contributed by atoms with Crippen molar-refractivity contribution in [3.8, 4) is 22.3 Å². The molecule has 280 valence electrons. The molecule has 56 heavy (non-hydrogen) atoms. The fourth-order valence-corrected chi connectivity index (χ4v) is 13.8. The van der Waals surface area contributed by atoms with Gasteiger partial charge in [-0.25, -0.2) is 0 Å². The number of fused-ring (bicyclic) bond motifs is 3. The summed E-state index contributed by atoms with van der Waals surface area (Å²) in [5, 5.41) is 0. The highest BCUT2D eigenvalue weighted by Gasteiger charge is 2.61. The summed E-state index contributed by atoms with van der Waals surface area (Å²) in [5.74, 6) is 3.16. The molecule has 6 aliphatic rings. The summed E-state index contributed by atoms with van der Waals surface area (Å²) >= 11 is 2.04. The molecule has 5 aliphatic carbocycles. The maximum Gasteiger partial charge on any atom is 0.0610 e. The second-order valence-electron chi connectivity index (χ2n) is 19.3. The molecule has 12 rings (SSSR count). The minimum Gasteiger partial charge on any atom is -0.309 e. The molecule has 0 radical (unpaired) electrons. The summed E-state index contributed by atoms with van der Waals surface area (Å²) in [6, 6.07) is 53.7. The number of nitrogens with zero attached hydrogens (tertiary/aromatic N) is 1. The van der Waals surface area contributed by atoms with Gasteiger partial charge in [-0.3, -0.25) is 0 Å². The largest absolute Gasteiger partial charge is 0.309 e. The monoisotopic (exact) mass is 747 g/mol. The lowest BCUT2D eigenvalue weighted by atomic mass is 9.42. The van der Waals surface area contributed by atoms with E-state index >= 15 is 0 Å². The third kappa shape index (κ3) is 5.27. The van der Waals surface area contributed by atoms with Crippen LogP contribution in [0.15, 0.2) is 149 Å². The number of rotatable bonds is 5. The maximum absolute atomic E-state index is 2.66. The van der Waals surface area contributed by atoms with Crippen LogP contribution in [0.3, 0.4) is 0 Å². The molecule has 4 bridgehead atoms. The van der Waals surface area contributed by atoms with E-state index in [2.05, 4.69) is 172 Å². The minimum atomic E-state index is 0.0365. The second kappa shape index (κ2) is 12.7. The Hall–Kier alpha value is -4.53. The van der Waals surface area contributed by atoms with Gasteiger partial charge in [0.15, 0.2) is 0 Å². The highest BCUT2D eigenvalue weighted by atomic mass is 32.2. The second-order valence-corrected chi connectivity index (χ2v) is 20.3. The molecule has 4 saturated carbocycles. The van der Waals surface area contributed by atoms with E-state index in [1.54, 1.807) is 11.1 Å². The zero-order chi connectivity index (χ0) is 37.8. The van der Waals surface area contributed by atoms with E-state index in [0.717, 1.165) is 11.8 Å². The zero-order valence-corrected chi connectivity index (χ0v) is 34.2. The van der Waals surface area contributed by atoms with Crippen LogP contribution in [-0.2, 0) is 16.2 Å². The van der Waals surface area contributed by atoms with Crippen LogP contribution in [0.4, 0.5) is 17.1 Å². The first-order valence-electron chi connectivity index (χ1n) is 21.3. The van der Waals surface area contributed by atoms with Gasteiger partial charge in [-0.05, 0) is 166 Å². The summed E-state index contributed by atoms with van der Waals surface area (Å²) in [6.45, 7) is 9.81. The normalized spacial score (nSPS) is 26.0. The first-order chi connectivity index (χ1) is 27.2. The van der Waals surface area contributed by atoms with Gasteiger partial charge < -0.3 is 4.90 Å². The van der Waals surface area contributed by atoms with Gasteiger partial charge in [-0.2, -0.15) is 0 Å². The van der Waals surface area contributed by atoms with Crippen LogP contribution in [0, 0.1) is 23.7 Å². The molecule has 1 spiro atoms. The predicted molar refractivity (Wildman–Crippen MR) is 236 cm³/mol. The smallest absolute Gasteiger partial charge is 0.0610 e. The lowest BCUT2D eigenvalue weighted by Gasteiger charge is -2.63. The molecule has 0 aromatic heterocycles. The minimum absolute atomic E-state index is 0.0365. The van der Waals surface area contributed by atoms with E-state index in [4.69, 9.17) is 0 Å². The molecule has 1 heterocycles. The predicted octanol–water partition coefficient (Wildman–Crippen LogP) is 15.0. The van der Waals surface area contributed by atoms with Crippen LogP contribution >= 0.6 is 11.8 Å². The summed E-state index contributed by atoms with van der Waals surface area (Å²) in [7, 11) is 0. The summed E-state index contributed by atoms with van der Waals surface area (Å²) in [5.41, 5.74) is 15.4. The molecular formula is C54H53NS. The number of anilines is 3. The van der Waals surface area contributed by atoms with Crippen LogP contribution in [0.2, 0.25) is 0 Å². The van der Waals surface area contributed by atoms with Gasteiger partial charge >= 0.3 is 0 Å². The van der Waals surface area contributed by atoms with Gasteiger partial charge in [0, 0.05) is 26.6 Å². The molecule has 1 nitrogen and oxygen atoms in total. The van der Waals surface area contributed by atoms with Crippen molar-refractivity contribution in [1.29, 1.82) is 0 Å². The van der Waals surface area contributed by atoms with Gasteiger partial charge in [0.1, 0.15) is 0 Å². The van der Waals surface area contributed by atoms with Gasteiger partial charge in [-0.15, -0.1) is 0 Å². The molecule has 2 heteroatoms. The molecular weight excluding hydrogens is 695 g/mol. The van der Waals surface area contributed by atoms with Crippen molar-refractivity contribution in [2.75, 3.05) is 4.90 Å². The molecule has 6 aromatic rings. The van der Waals surface area contributed by atoms with Gasteiger partial charge in [0.25, 0.3) is 0 Å². The van der Waals surface area contributed by atoms with Crippen molar-refractivity contribution >= 4 is 28.8 Å². The van der Waals surface area contributed by atoms with Crippen molar-refractivity contribution in [2.24, 2.45) is 23.7 Å². The third-order valence-corrected chi connectivity index (χ3v) is 16.4. The van der Waals surface area contributed by atoms with Crippen molar-refractivity contribution in [3.05, 3.63) is 162 Å². The Morgan fingerprint density at radius 3 is 1.68 bits per heavy atom. The first kappa shape index (κ1) is 34.7. The van der Waals surface area contributed by atoms with Crippen molar-refractivity contribution < 1.29 is 0 Å². The molecule has 0 unspecified atom stereocenters. The highest BCUT2D eigenvalue weighted by Crippen LogP contribution is 2.70. The molecule has 1 aliphatic heterocycles. The Bertz CT molecular complexity index is 2430. The van der Waals surface area contributed by atoms with E-state index in [-0.39, 0.29) is 16.2 Å².